The van der Waals surface area contributed by atoms with Crippen molar-refractivity contribution in [2.24, 2.45) is 5.92 Å². The second kappa shape index (κ2) is 5.96. The Labute approximate surface area is 134 Å². The number of nitriles is 1. The van der Waals surface area contributed by atoms with E-state index in [0.717, 1.165) is 48.8 Å². The Balaban J connectivity index is 1.89. The van der Waals surface area contributed by atoms with Gasteiger partial charge in [0.25, 0.3) is 0 Å². The van der Waals surface area contributed by atoms with E-state index in [2.05, 4.69) is 6.07 Å². The van der Waals surface area contributed by atoms with Crippen LogP contribution in [0.25, 0.3) is 0 Å². The molecule has 0 N–H and O–H groups in total. The third-order valence-electron chi connectivity index (χ3n) is 5.08. The normalized spacial score (nSPS) is 30.6. The molecule has 1 aromatic rings. The molecule has 2 aliphatic rings. The number of carbonyl (C=O) groups excluding carboxylic acids is 1. The fourth-order valence-electron chi connectivity index (χ4n) is 4.07. The highest BCUT2D eigenvalue weighted by Gasteiger charge is 2.41. The number of fused-ring (bicyclic) bond motifs is 2. The van der Waals surface area contributed by atoms with Crippen molar-refractivity contribution in [3.05, 3.63) is 34.4 Å². The second-order valence-electron chi connectivity index (χ2n) is 6.63. The summed E-state index contributed by atoms with van der Waals surface area (Å²) in [5.41, 5.74) is 3.15. The molecule has 0 aromatic heterocycles. The fraction of sp³-hybridized carbons (Fsp3) is 0.556. The van der Waals surface area contributed by atoms with Gasteiger partial charge in [0.05, 0.1) is 11.6 Å². The molecule has 0 amide bonds. The Morgan fingerprint density at radius 1 is 1.18 bits per heavy atom. The lowest BCUT2D eigenvalue weighted by molar-refractivity contribution is 0.0894. The summed E-state index contributed by atoms with van der Waals surface area (Å²) in [7, 11) is -0.741. The standard InChI is InChI=1S/C18H21NO2S/c1-11-6-13(10-19)7-12(2)17(11)18(20)14-8-15-4-3-5-16(9-14)22(15)21/h6-7,14-16H,3-5,8-9H2,1-2H3. The van der Waals surface area contributed by atoms with Crippen molar-refractivity contribution in [2.45, 2.75) is 56.5 Å². The largest absolute Gasteiger partial charge is 0.294 e. The second-order valence-corrected chi connectivity index (χ2v) is 8.62. The monoisotopic (exact) mass is 315 g/mol. The summed E-state index contributed by atoms with van der Waals surface area (Å²) >= 11 is 0. The van der Waals surface area contributed by atoms with Gasteiger partial charge in [-0.2, -0.15) is 5.26 Å². The predicted molar refractivity (Wildman–Crippen MR) is 87.3 cm³/mol. The Hall–Kier alpha value is -1.47. The summed E-state index contributed by atoms with van der Waals surface area (Å²) in [6, 6.07) is 5.73. The summed E-state index contributed by atoms with van der Waals surface area (Å²) in [6.45, 7) is 3.81. The van der Waals surface area contributed by atoms with Crippen molar-refractivity contribution < 1.29 is 9.00 Å². The fourth-order valence-corrected chi connectivity index (χ4v) is 6.26. The van der Waals surface area contributed by atoms with E-state index in [4.69, 9.17) is 5.26 Å². The van der Waals surface area contributed by atoms with Gasteiger partial charge in [-0.05, 0) is 62.8 Å². The zero-order valence-electron chi connectivity index (χ0n) is 13.1. The molecule has 3 nitrogen and oxygen atoms in total. The predicted octanol–water partition coefficient (Wildman–Crippen LogP) is 3.44. The van der Waals surface area contributed by atoms with Gasteiger partial charge >= 0.3 is 0 Å². The maximum Gasteiger partial charge on any atom is 0.166 e. The van der Waals surface area contributed by atoms with Gasteiger partial charge in [-0.1, -0.05) is 6.42 Å². The first-order chi connectivity index (χ1) is 10.5. The Kier molecular flexibility index (Phi) is 4.18. The maximum atomic E-state index is 13.0. The molecule has 116 valence electrons. The van der Waals surface area contributed by atoms with Crippen molar-refractivity contribution >= 4 is 16.6 Å². The minimum atomic E-state index is -0.741. The van der Waals surface area contributed by atoms with E-state index in [1.807, 2.05) is 13.8 Å². The highest BCUT2D eigenvalue weighted by atomic mass is 32.2. The lowest BCUT2D eigenvalue weighted by Crippen LogP contribution is -2.41. The average Bonchev–Trinajstić information content (AvgIpc) is 2.45. The van der Waals surface area contributed by atoms with Crippen molar-refractivity contribution in [3.63, 3.8) is 0 Å². The van der Waals surface area contributed by atoms with Crippen LogP contribution in [0.1, 0.15) is 59.2 Å². The molecular weight excluding hydrogens is 294 g/mol. The van der Waals surface area contributed by atoms with E-state index < -0.39 is 10.8 Å². The van der Waals surface area contributed by atoms with Gasteiger partial charge in [0, 0.05) is 32.8 Å². The number of Topliss-reactive ketones (excluding diaryl/α,β-unsaturated/α-hetero) is 1. The summed E-state index contributed by atoms with van der Waals surface area (Å²) in [5.74, 6) is 0.187. The highest BCUT2D eigenvalue weighted by Crippen LogP contribution is 2.39. The molecule has 0 spiro atoms. The third kappa shape index (κ3) is 2.63. The van der Waals surface area contributed by atoms with E-state index in [-0.39, 0.29) is 22.2 Å². The molecule has 2 unspecified atom stereocenters. The average molecular weight is 315 g/mol. The van der Waals surface area contributed by atoms with Crippen LogP contribution >= 0.6 is 0 Å². The molecule has 4 heteroatoms. The third-order valence-corrected chi connectivity index (χ3v) is 7.25. The number of ketones is 1. The van der Waals surface area contributed by atoms with E-state index in [1.54, 1.807) is 12.1 Å². The van der Waals surface area contributed by atoms with Gasteiger partial charge in [0.1, 0.15) is 0 Å². The van der Waals surface area contributed by atoms with Crippen LogP contribution in [0, 0.1) is 31.1 Å². The molecule has 2 heterocycles. The van der Waals surface area contributed by atoms with Crippen LogP contribution in [0.3, 0.4) is 0 Å². The number of hydrogen-bond donors (Lipinski definition) is 0. The molecule has 2 atom stereocenters. The van der Waals surface area contributed by atoms with E-state index >= 15 is 0 Å². The molecule has 22 heavy (non-hydrogen) atoms. The minimum absolute atomic E-state index is 0.00154. The first-order valence-corrected chi connectivity index (χ1v) is 9.23. The van der Waals surface area contributed by atoms with E-state index in [1.165, 1.54) is 0 Å². The number of nitrogens with zero attached hydrogens (tertiary/aromatic N) is 1. The number of benzene rings is 1. The van der Waals surface area contributed by atoms with Crippen LogP contribution in [0.4, 0.5) is 0 Å². The molecule has 0 aliphatic carbocycles. The topological polar surface area (TPSA) is 57.9 Å². The first kappa shape index (κ1) is 15.4. The van der Waals surface area contributed by atoms with Crippen molar-refractivity contribution in [1.29, 1.82) is 5.26 Å². The zero-order valence-corrected chi connectivity index (χ0v) is 13.9. The van der Waals surface area contributed by atoms with Crippen LogP contribution in [0.2, 0.25) is 0 Å². The Morgan fingerprint density at radius 2 is 1.73 bits per heavy atom. The maximum absolute atomic E-state index is 13.0. The molecular formula is C18H21NO2S. The van der Waals surface area contributed by atoms with Crippen molar-refractivity contribution in [1.82, 2.24) is 0 Å². The van der Waals surface area contributed by atoms with Gasteiger partial charge in [-0.3, -0.25) is 9.00 Å². The van der Waals surface area contributed by atoms with Gasteiger partial charge in [0.2, 0.25) is 0 Å². The summed E-state index contributed by atoms with van der Waals surface area (Å²) in [4.78, 5) is 13.0. The number of carbonyl (C=O) groups is 1. The van der Waals surface area contributed by atoms with E-state index in [9.17, 15) is 9.00 Å². The SMILES string of the molecule is Cc1cc(C#N)cc(C)c1C(=O)C1CC2CCCC(C1)S2=O. The van der Waals surface area contributed by atoms with E-state index in [0.29, 0.717) is 5.56 Å². The lowest BCUT2D eigenvalue weighted by atomic mass is 9.82. The van der Waals surface area contributed by atoms with Gasteiger partial charge in [-0.15, -0.1) is 0 Å². The first-order valence-electron chi connectivity index (χ1n) is 7.96. The Morgan fingerprint density at radius 3 is 2.23 bits per heavy atom. The zero-order chi connectivity index (χ0) is 15.9. The lowest BCUT2D eigenvalue weighted by Gasteiger charge is -2.37. The van der Waals surface area contributed by atoms with Crippen LogP contribution in [-0.2, 0) is 10.8 Å². The van der Waals surface area contributed by atoms with Gasteiger partial charge in [-0.25, -0.2) is 0 Å². The van der Waals surface area contributed by atoms with Crippen molar-refractivity contribution in [3.8, 4) is 6.07 Å². The number of rotatable bonds is 2. The van der Waals surface area contributed by atoms with Crippen molar-refractivity contribution in [2.75, 3.05) is 0 Å². The van der Waals surface area contributed by atoms with Crippen LogP contribution in [0.5, 0.6) is 0 Å². The molecule has 2 saturated heterocycles. The molecule has 2 bridgehead atoms. The Bertz CT molecular complexity index is 650. The number of aryl methyl sites for hydroxylation is 2. The van der Waals surface area contributed by atoms with Crippen LogP contribution < -0.4 is 0 Å². The smallest absolute Gasteiger partial charge is 0.166 e. The minimum Gasteiger partial charge on any atom is -0.294 e. The van der Waals surface area contributed by atoms with Crippen LogP contribution in [0.15, 0.2) is 12.1 Å². The van der Waals surface area contributed by atoms with Gasteiger partial charge in [0.15, 0.2) is 5.78 Å². The van der Waals surface area contributed by atoms with Crippen LogP contribution in [-0.4, -0.2) is 20.5 Å². The molecule has 0 saturated carbocycles. The summed E-state index contributed by atoms with van der Waals surface area (Å²) in [5, 5.41) is 9.45. The quantitative estimate of drug-likeness (QED) is 0.786. The molecule has 3 rings (SSSR count). The molecule has 1 aromatic carbocycles. The number of hydrogen-bond acceptors (Lipinski definition) is 3. The summed E-state index contributed by atoms with van der Waals surface area (Å²) < 4.78 is 12.3. The molecule has 2 fully saturated rings. The highest BCUT2D eigenvalue weighted by molar-refractivity contribution is 7.86. The molecule has 2 aliphatic heterocycles. The van der Waals surface area contributed by atoms with Gasteiger partial charge < -0.3 is 0 Å². The molecule has 0 radical (unpaired) electrons. The summed E-state index contributed by atoms with van der Waals surface area (Å²) in [6.07, 6.45) is 4.68.